The number of hydrogen-bond donors (Lipinski definition) is 2. The minimum absolute atomic E-state index is 0.00410. The molecule has 3 aliphatic rings. The van der Waals surface area contributed by atoms with Crippen LogP contribution in [0.1, 0.15) is 121 Å². The van der Waals surface area contributed by atoms with Crippen LogP contribution in [-0.2, 0) is 11.3 Å². The van der Waals surface area contributed by atoms with Crippen LogP contribution in [-0.4, -0.2) is 27.7 Å². The van der Waals surface area contributed by atoms with Gasteiger partial charge in [0.2, 0.25) is 0 Å². The van der Waals surface area contributed by atoms with Crippen LogP contribution in [0, 0.1) is 35.5 Å². The third-order valence-corrected chi connectivity index (χ3v) is 8.97. The predicted molar refractivity (Wildman–Crippen MR) is 170 cm³/mol. The number of terminal acetylenes is 1. The maximum Gasteiger partial charge on any atom is 0.163 e. The number of hydrogen-bond acceptors (Lipinski definition) is 4. The molecule has 2 aromatic rings. The first-order chi connectivity index (χ1) is 19.3. The van der Waals surface area contributed by atoms with Crippen LogP contribution >= 0.6 is 0 Å². The number of aliphatic hydroxyl groups excluding tert-OH is 1. The minimum atomic E-state index is -0.209. The Labute approximate surface area is 249 Å². The van der Waals surface area contributed by atoms with Crippen LogP contribution < -0.4 is 0 Å². The summed E-state index contributed by atoms with van der Waals surface area (Å²) in [6.07, 6.45) is 13.4. The largest absolute Gasteiger partial charge is 0.508 e. The van der Waals surface area contributed by atoms with Crippen molar-refractivity contribution in [3.63, 3.8) is 0 Å². The Morgan fingerprint density at radius 3 is 2.22 bits per heavy atom. The second-order valence-electron chi connectivity index (χ2n) is 13.7. The number of rotatable bonds is 4. The van der Waals surface area contributed by atoms with Crippen molar-refractivity contribution in [2.45, 2.75) is 118 Å². The van der Waals surface area contributed by atoms with E-state index in [2.05, 4.69) is 78.7 Å². The van der Waals surface area contributed by atoms with Crippen molar-refractivity contribution in [1.29, 1.82) is 0 Å². The molecule has 41 heavy (non-hydrogen) atoms. The summed E-state index contributed by atoms with van der Waals surface area (Å²) in [5, 5.41) is 20.0. The van der Waals surface area contributed by atoms with Crippen LogP contribution in [0.2, 0.25) is 0 Å². The molecular formula is C37H54O4. The SMILES string of the molecule is C#C.CC.CC(C)(C)CC(C)(C)OCc1ccccc1.C[C@]12CCC3c4ccc(O)cc4C(=O)CC3C1CC[C@@H]2O. The van der Waals surface area contributed by atoms with Gasteiger partial charge in [-0.3, -0.25) is 4.79 Å². The standard InChI is InChI=1S/C18H22O3.C15H24O.C2H6.C2H2/c1-18-7-6-12-11-3-2-10(19)8-14(11)16(20)9-13(12)15(18)4-5-17(18)21;1-14(2,3)12-15(4,5)16-11-13-9-7-6-8-10-13;2*1-2/h2-3,8,12-13,15,17,19,21H,4-7,9H2,1H3;6-10H,11-12H2,1-5H3;1-2H3;1-2H/t12?,13?,15?,17-,18-;;;/m0.../s1. The van der Waals surface area contributed by atoms with Crippen LogP contribution in [0.3, 0.4) is 0 Å². The first kappa shape index (κ1) is 34.6. The molecule has 5 atom stereocenters. The zero-order valence-electron chi connectivity index (χ0n) is 26.7. The van der Waals surface area contributed by atoms with Gasteiger partial charge in [-0.05, 0) is 97.8 Å². The van der Waals surface area contributed by atoms with E-state index in [1.54, 1.807) is 12.1 Å². The molecular weight excluding hydrogens is 508 g/mol. The zero-order chi connectivity index (χ0) is 31.0. The second-order valence-corrected chi connectivity index (χ2v) is 13.7. The summed E-state index contributed by atoms with van der Waals surface area (Å²) < 4.78 is 5.99. The quantitative estimate of drug-likeness (QED) is 0.365. The lowest BCUT2D eigenvalue weighted by Gasteiger charge is -2.49. The first-order valence-corrected chi connectivity index (χ1v) is 15.3. The lowest BCUT2D eigenvalue weighted by atomic mass is 9.55. The Morgan fingerprint density at radius 1 is 0.976 bits per heavy atom. The Hall–Kier alpha value is -2.61. The van der Waals surface area contributed by atoms with Gasteiger partial charge in [0.05, 0.1) is 18.3 Å². The van der Waals surface area contributed by atoms with E-state index in [0.29, 0.717) is 36.2 Å². The fourth-order valence-corrected chi connectivity index (χ4v) is 7.55. The third kappa shape index (κ3) is 8.69. The number of carbonyl (C=O) groups excluding carboxylic acids is 1. The van der Waals surface area contributed by atoms with E-state index in [1.165, 1.54) is 5.56 Å². The highest BCUT2D eigenvalue weighted by Gasteiger charge is 2.55. The summed E-state index contributed by atoms with van der Waals surface area (Å²) in [6, 6.07) is 15.6. The average Bonchev–Trinajstić information content (AvgIpc) is 3.24. The number of phenolic OH excluding ortho intramolecular Hbond substituents is 1. The molecule has 0 radical (unpaired) electrons. The van der Waals surface area contributed by atoms with Gasteiger partial charge >= 0.3 is 0 Å². The van der Waals surface area contributed by atoms with E-state index >= 15 is 0 Å². The molecule has 0 heterocycles. The normalized spacial score (nSPS) is 26.4. The van der Waals surface area contributed by atoms with Crippen molar-refractivity contribution in [2.24, 2.45) is 22.7 Å². The fourth-order valence-electron chi connectivity index (χ4n) is 7.55. The van der Waals surface area contributed by atoms with Gasteiger partial charge in [-0.25, -0.2) is 0 Å². The number of Topliss-reactive ketones (excluding diaryl/α,β-unsaturated/α-hetero) is 1. The number of fused-ring (bicyclic) bond motifs is 5. The number of phenols is 1. The monoisotopic (exact) mass is 562 g/mol. The molecule has 5 rings (SSSR count). The number of carbonyl (C=O) groups is 1. The maximum absolute atomic E-state index is 12.5. The molecule has 4 heteroatoms. The summed E-state index contributed by atoms with van der Waals surface area (Å²) in [7, 11) is 0. The predicted octanol–water partition coefficient (Wildman–Crippen LogP) is 8.94. The fraction of sp³-hybridized carbons (Fsp3) is 0.595. The van der Waals surface area contributed by atoms with E-state index in [0.717, 1.165) is 43.2 Å². The van der Waals surface area contributed by atoms with Gasteiger partial charge in [0, 0.05) is 12.0 Å². The molecule has 0 saturated heterocycles. The summed E-state index contributed by atoms with van der Waals surface area (Å²) in [5.74, 6) is 1.58. The average molecular weight is 563 g/mol. The van der Waals surface area contributed by atoms with Crippen molar-refractivity contribution >= 4 is 5.78 Å². The van der Waals surface area contributed by atoms with Gasteiger partial charge in [-0.15, -0.1) is 12.8 Å². The summed E-state index contributed by atoms with van der Waals surface area (Å²) in [4.78, 5) is 12.5. The van der Waals surface area contributed by atoms with E-state index in [4.69, 9.17) is 4.74 Å². The van der Waals surface area contributed by atoms with Crippen molar-refractivity contribution in [2.75, 3.05) is 0 Å². The molecule has 0 spiro atoms. The minimum Gasteiger partial charge on any atom is -0.508 e. The van der Waals surface area contributed by atoms with Gasteiger partial charge < -0.3 is 14.9 Å². The molecule has 3 unspecified atom stereocenters. The lowest BCUT2D eigenvalue weighted by Crippen LogP contribution is -2.44. The zero-order valence-corrected chi connectivity index (χ0v) is 26.7. The van der Waals surface area contributed by atoms with Crippen LogP contribution in [0.25, 0.3) is 0 Å². The van der Waals surface area contributed by atoms with E-state index < -0.39 is 0 Å². The number of benzene rings is 2. The number of ketones is 1. The van der Waals surface area contributed by atoms with Gasteiger partial charge in [0.25, 0.3) is 0 Å². The highest BCUT2D eigenvalue weighted by Crippen LogP contribution is 2.60. The highest BCUT2D eigenvalue weighted by atomic mass is 16.5. The molecule has 0 amide bonds. The summed E-state index contributed by atoms with van der Waals surface area (Å²) in [6.45, 7) is 18.0. The number of ether oxygens (including phenoxy) is 1. The van der Waals surface area contributed by atoms with Crippen molar-refractivity contribution in [1.82, 2.24) is 0 Å². The topological polar surface area (TPSA) is 66.8 Å². The Bertz CT molecular complexity index is 1130. The van der Waals surface area contributed by atoms with Crippen molar-refractivity contribution < 1.29 is 19.7 Å². The van der Waals surface area contributed by atoms with Gasteiger partial charge in [-0.2, -0.15) is 0 Å². The molecule has 0 aromatic heterocycles. The highest BCUT2D eigenvalue weighted by molar-refractivity contribution is 5.99. The Kier molecular flexibility index (Phi) is 12.3. The van der Waals surface area contributed by atoms with Crippen LogP contribution in [0.5, 0.6) is 5.75 Å². The molecule has 0 aliphatic heterocycles. The van der Waals surface area contributed by atoms with Gasteiger partial charge in [0.15, 0.2) is 5.78 Å². The summed E-state index contributed by atoms with van der Waals surface area (Å²) in [5.41, 5.74) is 3.32. The molecule has 226 valence electrons. The first-order valence-electron chi connectivity index (χ1n) is 15.3. The molecule has 3 aliphatic carbocycles. The van der Waals surface area contributed by atoms with Crippen molar-refractivity contribution in [3.8, 4) is 18.6 Å². The Balaban J connectivity index is 0.000000265. The molecule has 2 saturated carbocycles. The molecule has 2 aromatic carbocycles. The van der Waals surface area contributed by atoms with E-state index in [1.807, 2.05) is 26.0 Å². The number of aliphatic hydroxyl groups is 1. The van der Waals surface area contributed by atoms with Crippen molar-refractivity contribution in [3.05, 3.63) is 65.2 Å². The third-order valence-electron chi connectivity index (χ3n) is 8.97. The summed E-state index contributed by atoms with van der Waals surface area (Å²) >= 11 is 0. The molecule has 2 N–H and O–H groups in total. The molecule has 0 bridgehead atoms. The lowest BCUT2D eigenvalue weighted by molar-refractivity contribution is -0.0537. The van der Waals surface area contributed by atoms with E-state index in [9.17, 15) is 15.0 Å². The second kappa shape index (κ2) is 14.5. The molecule has 2 fully saturated rings. The number of aromatic hydroxyl groups is 1. The van der Waals surface area contributed by atoms with Gasteiger partial charge in [-0.1, -0.05) is 77.9 Å². The Morgan fingerprint density at radius 2 is 1.61 bits per heavy atom. The van der Waals surface area contributed by atoms with E-state index in [-0.39, 0.29) is 28.7 Å². The maximum atomic E-state index is 12.5. The smallest absolute Gasteiger partial charge is 0.163 e. The van der Waals surface area contributed by atoms with Crippen LogP contribution in [0.4, 0.5) is 0 Å². The van der Waals surface area contributed by atoms with Gasteiger partial charge in [0.1, 0.15) is 5.75 Å². The van der Waals surface area contributed by atoms with Crippen LogP contribution in [0.15, 0.2) is 48.5 Å². The molecule has 4 nitrogen and oxygen atoms in total.